The molecule has 25 heavy (non-hydrogen) atoms. The first-order valence-electron chi connectivity index (χ1n) is 8.30. The van der Waals surface area contributed by atoms with E-state index in [1.54, 1.807) is 31.4 Å². The van der Waals surface area contributed by atoms with Crippen molar-refractivity contribution in [1.29, 1.82) is 0 Å². The predicted octanol–water partition coefficient (Wildman–Crippen LogP) is 2.50. The van der Waals surface area contributed by atoms with E-state index in [0.717, 1.165) is 5.39 Å². The van der Waals surface area contributed by atoms with Gasteiger partial charge in [-0.05, 0) is 25.1 Å². The van der Waals surface area contributed by atoms with E-state index in [0.29, 0.717) is 42.1 Å². The Hall–Kier alpha value is -2.44. The first-order chi connectivity index (χ1) is 12.2. The van der Waals surface area contributed by atoms with Crippen LogP contribution in [0, 0.1) is 0 Å². The lowest BCUT2D eigenvalue weighted by atomic mass is 9.93. The highest BCUT2D eigenvalue weighted by atomic mass is 16.5. The molecule has 1 heterocycles. The van der Waals surface area contributed by atoms with E-state index in [2.05, 4.69) is 0 Å². The molecule has 2 aromatic carbocycles. The quantitative estimate of drug-likeness (QED) is 0.544. The summed E-state index contributed by atoms with van der Waals surface area (Å²) < 4.78 is 16.0. The number of hydrogen-bond acceptors (Lipinski definition) is 5. The third-order valence-corrected chi connectivity index (χ3v) is 4.21. The first kappa shape index (κ1) is 17.4. The maximum absolute atomic E-state index is 12.8. The number of carbonyl (C=O) groups excluding carboxylic acids is 2. The van der Waals surface area contributed by atoms with Crippen LogP contribution in [0.15, 0.2) is 30.3 Å². The largest absolute Gasteiger partial charge is 0.496 e. The van der Waals surface area contributed by atoms with E-state index in [4.69, 9.17) is 14.2 Å². The van der Waals surface area contributed by atoms with Gasteiger partial charge in [-0.1, -0.05) is 12.1 Å². The summed E-state index contributed by atoms with van der Waals surface area (Å²) in [6.45, 7) is 3.99. The zero-order valence-electron chi connectivity index (χ0n) is 14.4. The van der Waals surface area contributed by atoms with Gasteiger partial charge in [0.1, 0.15) is 5.75 Å². The predicted molar refractivity (Wildman–Crippen MR) is 93.2 cm³/mol. The van der Waals surface area contributed by atoms with Crippen LogP contribution in [-0.4, -0.2) is 56.8 Å². The molecule has 132 valence electrons. The topological polar surface area (TPSA) is 65.1 Å². The van der Waals surface area contributed by atoms with Gasteiger partial charge in [0.15, 0.2) is 0 Å². The first-order valence-corrected chi connectivity index (χ1v) is 8.30. The zero-order chi connectivity index (χ0) is 17.8. The molecule has 1 aliphatic heterocycles. The lowest BCUT2D eigenvalue weighted by molar-refractivity contribution is 0.0363. The summed E-state index contributed by atoms with van der Waals surface area (Å²) in [7, 11) is 1.57. The molecule has 0 aliphatic carbocycles. The van der Waals surface area contributed by atoms with Gasteiger partial charge in [0.05, 0.1) is 33.5 Å². The van der Waals surface area contributed by atoms with Crippen LogP contribution >= 0.6 is 0 Å². The van der Waals surface area contributed by atoms with Gasteiger partial charge in [0, 0.05) is 28.5 Å². The van der Waals surface area contributed by atoms with Crippen molar-refractivity contribution < 1.29 is 23.8 Å². The third kappa shape index (κ3) is 3.23. The van der Waals surface area contributed by atoms with Crippen LogP contribution in [0.5, 0.6) is 5.75 Å². The van der Waals surface area contributed by atoms with Gasteiger partial charge >= 0.3 is 0 Å². The highest BCUT2D eigenvalue weighted by molar-refractivity contribution is 6.26. The highest BCUT2D eigenvalue weighted by Gasteiger charge is 2.33. The monoisotopic (exact) mass is 343 g/mol. The molecule has 2 aromatic rings. The lowest BCUT2D eigenvalue weighted by Crippen LogP contribution is -2.42. The Morgan fingerprint density at radius 2 is 1.64 bits per heavy atom. The standard InChI is InChI=1S/C19H21NO5/c1-3-24-11-12-25-10-9-20-18(21)14-6-4-5-13-16(23-2)8-7-15(17(13)14)19(20)22/h4-8H,3,9-12H2,1-2H3. The summed E-state index contributed by atoms with van der Waals surface area (Å²) in [5.74, 6) is 0.0448. The van der Waals surface area contributed by atoms with Gasteiger partial charge in [-0.3, -0.25) is 14.5 Å². The maximum Gasteiger partial charge on any atom is 0.261 e. The number of rotatable bonds is 8. The van der Waals surface area contributed by atoms with E-state index in [9.17, 15) is 9.59 Å². The second-order valence-corrected chi connectivity index (χ2v) is 5.61. The molecule has 6 heteroatoms. The van der Waals surface area contributed by atoms with E-state index in [1.165, 1.54) is 4.90 Å². The molecule has 0 spiro atoms. The Morgan fingerprint density at radius 1 is 0.920 bits per heavy atom. The molecule has 0 radical (unpaired) electrons. The number of benzene rings is 2. The summed E-state index contributed by atoms with van der Waals surface area (Å²) in [6.07, 6.45) is 0. The van der Waals surface area contributed by atoms with Crippen LogP contribution in [0.25, 0.3) is 10.8 Å². The highest BCUT2D eigenvalue weighted by Crippen LogP contribution is 2.35. The number of nitrogens with zero attached hydrogens (tertiary/aromatic N) is 1. The minimum absolute atomic E-state index is 0.214. The van der Waals surface area contributed by atoms with Crippen molar-refractivity contribution in [3.8, 4) is 5.75 Å². The summed E-state index contributed by atoms with van der Waals surface area (Å²) in [5.41, 5.74) is 1.03. The fourth-order valence-electron chi connectivity index (χ4n) is 3.02. The second kappa shape index (κ2) is 7.63. The fourth-order valence-corrected chi connectivity index (χ4v) is 3.02. The molecule has 1 aliphatic rings. The van der Waals surface area contributed by atoms with Crippen molar-refractivity contribution in [2.45, 2.75) is 6.92 Å². The van der Waals surface area contributed by atoms with Crippen molar-refractivity contribution in [3.05, 3.63) is 41.5 Å². The van der Waals surface area contributed by atoms with E-state index < -0.39 is 0 Å². The Balaban J connectivity index is 1.82. The molecule has 2 amide bonds. The minimum atomic E-state index is -0.301. The van der Waals surface area contributed by atoms with Crippen LogP contribution in [0.4, 0.5) is 0 Å². The average molecular weight is 343 g/mol. The summed E-state index contributed by atoms with van der Waals surface area (Å²) >= 11 is 0. The Morgan fingerprint density at radius 3 is 2.36 bits per heavy atom. The smallest absolute Gasteiger partial charge is 0.261 e. The lowest BCUT2D eigenvalue weighted by Gasteiger charge is -2.27. The van der Waals surface area contributed by atoms with E-state index in [1.807, 2.05) is 13.0 Å². The van der Waals surface area contributed by atoms with E-state index in [-0.39, 0.29) is 25.0 Å². The van der Waals surface area contributed by atoms with Crippen LogP contribution in [0.1, 0.15) is 27.6 Å². The van der Waals surface area contributed by atoms with Gasteiger partial charge in [0.2, 0.25) is 0 Å². The van der Waals surface area contributed by atoms with Gasteiger partial charge in [-0.15, -0.1) is 0 Å². The molecule has 6 nitrogen and oxygen atoms in total. The van der Waals surface area contributed by atoms with Crippen LogP contribution < -0.4 is 4.74 Å². The van der Waals surface area contributed by atoms with Gasteiger partial charge in [0.25, 0.3) is 11.8 Å². The SMILES string of the molecule is CCOCCOCCN1C(=O)c2cccc3c(OC)ccc(c23)C1=O. The van der Waals surface area contributed by atoms with Gasteiger partial charge in [-0.2, -0.15) is 0 Å². The number of hydrogen-bond donors (Lipinski definition) is 0. The van der Waals surface area contributed by atoms with Crippen LogP contribution in [0.3, 0.4) is 0 Å². The Labute approximate surface area is 146 Å². The molecule has 0 aromatic heterocycles. The van der Waals surface area contributed by atoms with Crippen molar-refractivity contribution in [2.24, 2.45) is 0 Å². The molecule has 0 bridgehead atoms. The molecule has 0 N–H and O–H groups in total. The summed E-state index contributed by atoms with van der Waals surface area (Å²) in [6, 6.07) is 8.86. The molecule has 3 rings (SSSR count). The van der Waals surface area contributed by atoms with Gasteiger partial charge < -0.3 is 14.2 Å². The second-order valence-electron chi connectivity index (χ2n) is 5.61. The molecule has 0 atom stereocenters. The molecule has 0 fully saturated rings. The molecule has 0 saturated carbocycles. The molecule has 0 unspecified atom stereocenters. The van der Waals surface area contributed by atoms with Gasteiger partial charge in [-0.25, -0.2) is 0 Å². The van der Waals surface area contributed by atoms with Crippen LogP contribution in [-0.2, 0) is 9.47 Å². The number of ether oxygens (including phenoxy) is 3. The fraction of sp³-hybridized carbons (Fsp3) is 0.368. The van der Waals surface area contributed by atoms with Crippen molar-refractivity contribution in [2.75, 3.05) is 40.1 Å². The number of carbonyl (C=O) groups is 2. The zero-order valence-corrected chi connectivity index (χ0v) is 14.4. The molecular weight excluding hydrogens is 322 g/mol. The molecular formula is C19H21NO5. The number of methoxy groups -OCH3 is 1. The number of imide groups is 1. The Kier molecular flexibility index (Phi) is 5.31. The normalized spacial score (nSPS) is 13.6. The Bertz CT molecular complexity index is 779. The maximum atomic E-state index is 12.8. The third-order valence-electron chi connectivity index (χ3n) is 4.21. The summed E-state index contributed by atoms with van der Waals surface area (Å²) in [5, 5.41) is 1.43. The molecule has 0 saturated heterocycles. The van der Waals surface area contributed by atoms with Crippen molar-refractivity contribution in [3.63, 3.8) is 0 Å². The van der Waals surface area contributed by atoms with Crippen molar-refractivity contribution >= 4 is 22.6 Å². The summed E-state index contributed by atoms with van der Waals surface area (Å²) in [4.78, 5) is 26.8. The average Bonchev–Trinajstić information content (AvgIpc) is 2.64. The van der Waals surface area contributed by atoms with Crippen molar-refractivity contribution in [1.82, 2.24) is 4.90 Å². The number of amides is 2. The van der Waals surface area contributed by atoms with E-state index >= 15 is 0 Å². The van der Waals surface area contributed by atoms with Crippen LogP contribution in [0.2, 0.25) is 0 Å². The minimum Gasteiger partial charge on any atom is -0.496 e.